The Morgan fingerprint density at radius 2 is 1.93 bits per heavy atom. The van der Waals surface area contributed by atoms with Gasteiger partial charge in [0.25, 0.3) is 0 Å². The van der Waals surface area contributed by atoms with E-state index in [-0.39, 0.29) is 11.8 Å². The van der Waals surface area contributed by atoms with Gasteiger partial charge in [-0.25, -0.2) is 0 Å². The molecule has 4 rings (SSSR count). The average molecular weight is 403 g/mol. The Hall–Kier alpha value is -3.41. The van der Waals surface area contributed by atoms with Crippen LogP contribution >= 0.6 is 0 Å². The number of benzene rings is 2. The Labute approximate surface area is 175 Å². The zero-order chi connectivity index (χ0) is 20.9. The van der Waals surface area contributed by atoms with Crippen molar-refractivity contribution in [2.24, 2.45) is 0 Å². The third-order valence-electron chi connectivity index (χ3n) is 5.45. The molecule has 0 saturated heterocycles. The van der Waals surface area contributed by atoms with Crippen LogP contribution in [0.4, 0.5) is 5.69 Å². The van der Waals surface area contributed by atoms with Gasteiger partial charge in [0.2, 0.25) is 11.8 Å². The second kappa shape index (κ2) is 8.95. The van der Waals surface area contributed by atoms with Crippen molar-refractivity contribution in [3.63, 3.8) is 0 Å². The molecule has 6 nitrogen and oxygen atoms in total. The first kappa shape index (κ1) is 19.9. The molecule has 1 N–H and O–H groups in total. The van der Waals surface area contributed by atoms with Gasteiger partial charge in [-0.2, -0.15) is 0 Å². The number of fused-ring (bicyclic) bond motifs is 2. The van der Waals surface area contributed by atoms with Gasteiger partial charge in [0.1, 0.15) is 5.75 Å². The largest absolute Gasteiger partial charge is 0.497 e. The van der Waals surface area contributed by atoms with Gasteiger partial charge in [0, 0.05) is 37.4 Å². The van der Waals surface area contributed by atoms with Crippen LogP contribution < -0.4 is 10.1 Å². The van der Waals surface area contributed by atoms with Crippen LogP contribution in [0.2, 0.25) is 0 Å². The molecule has 0 radical (unpaired) electrons. The number of aromatic nitrogens is 1. The number of nitrogens with zero attached hydrogens (tertiary/aromatic N) is 2. The molecule has 2 aromatic carbocycles. The van der Waals surface area contributed by atoms with Crippen molar-refractivity contribution in [1.29, 1.82) is 0 Å². The van der Waals surface area contributed by atoms with Gasteiger partial charge < -0.3 is 15.0 Å². The maximum absolute atomic E-state index is 12.5. The van der Waals surface area contributed by atoms with E-state index in [4.69, 9.17) is 4.74 Å². The van der Waals surface area contributed by atoms with Crippen LogP contribution in [0, 0.1) is 0 Å². The van der Waals surface area contributed by atoms with Gasteiger partial charge in [-0.3, -0.25) is 14.6 Å². The zero-order valence-corrected chi connectivity index (χ0v) is 17.1. The highest BCUT2D eigenvalue weighted by Gasteiger charge is 2.20. The summed E-state index contributed by atoms with van der Waals surface area (Å²) in [7, 11) is 1.62. The second-order valence-electron chi connectivity index (χ2n) is 7.52. The van der Waals surface area contributed by atoms with Crippen molar-refractivity contribution >= 4 is 28.4 Å². The zero-order valence-electron chi connectivity index (χ0n) is 17.1. The predicted octanol–water partition coefficient (Wildman–Crippen LogP) is 3.94. The fourth-order valence-electron chi connectivity index (χ4n) is 3.79. The summed E-state index contributed by atoms with van der Waals surface area (Å²) in [5, 5.41) is 3.80. The van der Waals surface area contributed by atoms with E-state index >= 15 is 0 Å². The summed E-state index contributed by atoms with van der Waals surface area (Å²) in [6.07, 6.45) is 3.74. The van der Waals surface area contributed by atoms with Crippen LogP contribution in [0.1, 0.15) is 30.4 Å². The highest BCUT2D eigenvalue weighted by molar-refractivity contribution is 5.93. The van der Waals surface area contributed by atoms with Crippen molar-refractivity contribution in [2.75, 3.05) is 19.0 Å². The van der Waals surface area contributed by atoms with E-state index in [0.29, 0.717) is 31.5 Å². The summed E-state index contributed by atoms with van der Waals surface area (Å²) in [5.41, 5.74) is 4.00. The topological polar surface area (TPSA) is 71.5 Å². The molecule has 1 aliphatic heterocycles. The molecule has 0 unspecified atom stereocenters. The number of nitrogens with one attached hydrogen (secondary N) is 1. The van der Waals surface area contributed by atoms with Gasteiger partial charge in [0.15, 0.2) is 0 Å². The lowest BCUT2D eigenvalue weighted by atomic mass is 9.99. The highest BCUT2D eigenvalue weighted by Crippen LogP contribution is 2.22. The van der Waals surface area contributed by atoms with Crippen molar-refractivity contribution < 1.29 is 14.3 Å². The number of methoxy groups -OCH3 is 1. The molecular weight excluding hydrogens is 378 g/mol. The first-order chi connectivity index (χ1) is 14.6. The number of amides is 2. The number of carbonyl (C=O) groups is 2. The molecule has 0 aliphatic carbocycles. The van der Waals surface area contributed by atoms with E-state index in [9.17, 15) is 9.59 Å². The Balaban J connectivity index is 1.26. The van der Waals surface area contributed by atoms with E-state index in [1.807, 2.05) is 41.3 Å². The number of carbonyl (C=O) groups excluding carboxylic acids is 2. The van der Waals surface area contributed by atoms with Crippen molar-refractivity contribution in [3.8, 4) is 5.75 Å². The first-order valence-electron chi connectivity index (χ1n) is 10.2. The summed E-state index contributed by atoms with van der Waals surface area (Å²) in [6, 6.07) is 15.8. The predicted molar refractivity (Wildman–Crippen MR) is 116 cm³/mol. The second-order valence-corrected chi connectivity index (χ2v) is 7.52. The summed E-state index contributed by atoms with van der Waals surface area (Å²) in [4.78, 5) is 31.1. The molecule has 1 aromatic heterocycles. The van der Waals surface area contributed by atoms with Gasteiger partial charge in [-0.1, -0.05) is 24.3 Å². The fraction of sp³-hybridized carbons (Fsp3) is 0.292. The third kappa shape index (κ3) is 4.59. The van der Waals surface area contributed by atoms with Crippen LogP contribution in [0.5, 0.6) is 5.75 Å². The molecule has 0 fully saturated rings. The molecule has 154 valence electrons. The van der Waals surface area contributed by atoms with E-state index in [1.165, 1.54) is 11.1 Å². The summed E-state index contributed by atoms with van der Waals surface area (Å²) < 4.78 is 5.20. The lowest BCUT2D eigenvalue weighted by molar-refractivity contribution is -0.132. The Morgan fingerprint density at radius 1 is 1.10 bits per heavy atom. The molecule has 3 aromatic rings. The number of ether oxygens (including phenoxy) is 1. The molecule has 0 spiro atoms. The SMILES string of the molecule is COc1ccc2cc(NC(=O)CCCC(=O)N3CCc4ccccc4C3)cnc2c1. The molecule has 2 heterocycles. The minimum absolute atomic E-state index is 0.110. The van der Waals surface area contributed by atoms with E-state index in [2.05, 4.69) is 22.4 Å². The lowest BCUT2D eigenvalue weighted by Crippen LogP contribution is -2.35. The molecule has 0 saturated carbocycles. The van der Waals surface area contributed by atoms with Crippen molar-refractivity contribution in [1.82, 2.24) is 9.88 Å². The van der Waals surface area contributed by atoms with Gasteiger partial charge >= 0.3 is 0 Å². The molecule has 30 heavy (non-hydrogen) atoms. The van der Waals surface area contributed by atoms with Gasteiger partial charge in [-0.15, -0.1) is 0 Å². The third-order valence-corrected chi connectivity index (χ3v) is 5.45. The van der Waals surface area contributed by atoms with Crippen LogP contribution in [-0.4, -0.2) is 35.4 Å². The number of hydrogen-bond acceptors (Lipinski definition) is 4. The average Bonchev–Trinajstić information content (AvgIpc) is 2.78. The smallest absolute Gasteiger partial charge is 0.224 e. The maximum Gasteiger partial charge on any atom is 0.224 e. The quantitative estimate of drug-likeness (QED) is 0.677. The van der Waals surface area contributed by atoms with Gasteiger partial charge in [0.05, 0.1) is 24.5 Å². The number of pyridine rings is 1. The van der Waals surface area contributed by atoms with Crippen molar-refractivity contribution in [2.45, 2.75) is 32.2 Å². The minimum Gasteiger partial charge on any atom is -0.497 e. The molecular formula is C24H25N3O3. The summed E-state index contributed by atoms with van der Waals surface area (Å²) in [5.74, 6) is 0.744. The minimum atomic E-state index is -0.110. The molecule has 6 heteroatoms. The fourth-order valence-corrected chi connectivity index (χ4v) is 3.79. The number of anilines is 1. The lowest BCUT2D eigenvalue weighted by Gasteiger charge is -2.29. The first-order valence-corrected chi connectivity index (χ1v) is 10.2. The summed E-state index contributed by atoms with van der Waals surface area (Å²) >= 11 is 0. The van der Waals surface area contributed by atoms with Crippen LogP contribution in [0.15, 0.2) is 54.7 Å². The number of hydrogen-bond donors (Lipinski definition) is 1. The molecule has 2 amide bonds. The van der Waals surface area contributed by atoms with Crippen molar-refractivity contribution in [3.05, 3.63) is 65.9 Å². The van der Waals surface area contributed by atoms with Crippen LogP contribution in [0.25, 0.3) is 10.9 Å². The van der Waals surface area contributed by atoms with Crippen LogP contribution in [-0.2, 0) is 22.6 Å². The maximum atomic E-state index is 12.5. The summed E-state index contributed by atoms with van der Waals surface area (Å²) in [6.45, 7) is 1.41. The Morgan fingerprint density at radius 3 is 2.77 bits per heavy atom. The van der Waals surface area contributed by atoms with Gasteiger partial charge in [-0.05, 0) is 42.2 Å². The monoisotopic (exact) mass is 403 g/mol. The molecule has 0 atom stereocenters. The highest BCUT2D eigenvalue weighted by atomic mass is 16.5. The molecule has 1 aliphatic rings. The van der Waals surface area contributed by atoms with E-state index < -0.39 is 0 Å². The number of rotatable bonds is 6. The van der Waals surface area contributed by atoms with E-state index in [0.717, 1.165) is 29.6 Å². The van der Waals surface area contributed by atoms with Crippen LogP contribution in [0.3, 0.4) is 0 Å². The van der Waals surface area contributed by atoms with E-state index in [1.54, 1.807) is 13.3 Å². The normalized spacial score (nSPS) is 13.0. The Kier molecular flexibility index (Phi) is 5.93. The Bertz CT molecular complexity index is 1080. The molecule has 0 bridgehead atoms. The standard InChI is InChI=1S/C24H25N3O3/c1-30-21-10-9-18-13-20(15-25-22(18)14-21)26-23(28)7-4-8-24(29)27-12-11-17-5-2-3-6-19(17)16-27/h2-3,5-6,9-10,13-15H,4,7-8,11-12,16H2,1H3,(H,26,28).